The third-order valence-electron chi connectivity index (χ3n) is 4.92. The van der Waals surface area contributed by atoms with Gasteiger partial charge in [-0.2, -0.15) is 0 Å². The lowest BCUT2D eigenvalue weighted by molar-refractivity contribution is -0.126. The van der Waals surface area contributed by atoms with Gasteiger partial charge in [0.05, 0.1) is 11.8 Å². The number of ether oxygens (including phenoxy) is 1. The van der Waals surface area contributed by atoms with E-state index in [1.807, 2.05) is 24.3 Å². The quantitative estimate of drug-likeness (QED) is 0.439. The van der Waals surface area contributed by atoms with Crippen molar-refractivity contribution in [2.24, 2.45) is 0 Å². The lowest BCUT2D eigenvalue weighted by Gasteiger charge is -2.15. The second-order valence-electron chi connectivity index (χ2n) is 7.19. The fraction of sp³-hybridized carbons (Fsp3) is 0.167. The molecule has 0 aromatic heterocycles. The monoisotopic (exact) mass is 455 g/mol. The Labute approximate surface area is 189 Å². The number of halogens is 2. The van der Waals surface area contributed by atoms with Gasteiger partial charge in [0.1, 0.15) is 28.3 Å². The van der Waals surface area contributed by atoms with Crippen LogP contribution in [0.5, 0.6) is 5.75 Å². The summed E-state index contributed by atoms with van der Waals surface area (Å²) in [4.78, 5) is 14.4. The van der Waals surface area contributed by atoms with Crippen molar-refractivity contribution in [2.75, 3.05) is 0 Å². The number of amides is 1. The second kappa shape index (κ2) is 9.58. The number of carbonyl (C=O) groups is 1. The van der Waals surface area contributed by atoms with Crippen molar-refractivity contribution in [1.82, 2.24) is 4.90 Å². The molecule has 0 saturated carbocycles. The number of thiocarbonyl (C=S) groups is 1. The van der Waals surface area contributed by atoms with Gasteiger partial charge < -0.3 is 4.74 Å². The van der Waals surface area contributed by atoms with E-state index >= 15 is 0 Å². The molecule has 1 aliphatic heterocycles. The lowest BCUT2D eigenvalue weighted by Crippen LogP contribution is -2.31. The van der Waals surface area contributed by atoms with Crippen LogP contribution in [-0.4, -0.2) is 20.4 Å². The van der Waals surface area contributed by atoms with Crippen LogP contribution in [0.15, 0.2) is 72.8 Å². The van der Waals surface area contributed by atoms with E-state index in [1.54, 1.807) is 29.2 Å². The van der Waals surface area contributed by atoms with Crippen LogP contribution in [0.4, 0.5) is 8.78 Å². The summed E-state index contributed by atoms with van der Waals surface area (Å²) < 4.78 is 32.3. The highest BCUT2D eigenvalue weighted by Crippen LogP contribution is 2.31. The highest BCUT2D eigenvalue weighted by atomic mass is 32.2. The first-order valence-electron chi connectivity index (χ1n) is 9.70. The van der Waals surface area contributed by atoms with E-state index in [1.165, 1.54) is 36.0 Å². The van der Waals surface area contributed by atoms with Crippen LogP contribution in [0.2, 0.25) is 0 Å². The minimum atomic E-state index is -0.309. The van der Waals surface area contributed by atoms with E-state index in [2.05, 4.69) is 0 Å². The molecule has 4 rings (SSSR count). The predicted octanol–water partition coefficient (Wildman–Crippen LogP) is 5.52. The Bertz CT molecular complexity index is 1070. The highest BCUT2D eigenvalue weighted by molar-refractivity contribution is 8.24. The van der Waals surface area contributed by atoms with Gasteiger partial charge in [-0.1, -0.05) is 60.4 Å². The van der Waals surface area contributed by atoms with Gasteiger partial charge in [0.25, 0.3) is 0 Å². The van der Waals surface area contributed by atoms with Crippen molar-refractivity contribution < 1.29 is 18.3 Å². The Balaban J connectivity index is 1.33. The van der Waals surface area contributed by atoms with Crippen molar-refractivity contribution in [2.45, 2.75) is 24.8 Å². The lowest BCUT2D eigenvalue weighted by atomic mass is 10.1. The van der Waals surface area contributed by atoms with E-state index in [-0.39, 0.29) is 22.8 Å². The van der Waals surface area contributed by atoms with Crippen molar-refractivity contribution in [3.05, 3.63) is 101 Å². The molecule has 0 unspecified atom stereocenters. The van der Waals surface area contributed by atoms with Gasteiger partial charge in [0, 0.05) is 0 Å². The van der Waals surface area contributed by atoms with Crippen LogP contribution in [-0.2, 0) is 24.4 Å². The summed E-state index contributed by atoms with van der Waals surface area (Å²) in [5.41, 5.74) is 2.72. The molecule has 0 radical (unpaired) electrons. The first-order valence-corrected chi connectivity index (χ1v) is 11.0. The zero-order chi connectivity index (χ0) is 21.8. The van der Waals surface area contributed by atoms with Crippen LogP contribution < -0.4 is 4.74 Å². The van der Waals surface area contributed by atoms with E-state index < -0.39 is 0 Å². The zero-order valence-electron chi connectivity index (χ0n) is 16.5. The van der Waals surface area contributed by atoms with Crippen molar-refractivity contribution >= 4 is 34.2 Å². The topological polar surface area (TPSA) is 29.5 Å². The van der Waals surface area contributed by atoms with E-state index in [0.717, 1.165) is 16.7 Å². The zero-order valence-corrected chi connectivity index (χ0v) is 18.1. The average molecular weight is 456 g/mol. The standard InChI is InChI=1S/C24H19F2NO2S2/c25-19-7-1-17(2-8-19)14-27-23(28)22(31-24(27)30)13-16-5-11-21(12-6-16)29-15-18-3-9-20(26)10-4-18/h1-12,22H,13-15H2/t22-/m1/s1. The summed E-state index contributed by atoms with van der Waals surface area (Å²) >= 11 is 6.78. The molecular weight excluding hydrogens is 436 g/mol. The van der Waals surface area contributed by atoms with Gasteiger partial charge in [-0.25, -0.2) is 8.78 Å². The maximum Gasteiger partial charge on any atom is 0.242 e. The van der Waals surface area contributed by atoms with Gasteiger partial charge in [0.2, 0.25) is 5.91 Å². The molecule has 158 valence electrons. The molecule has 0 bridgehead atoms. The molecule has 3 aromatic rings. The van der Waals surface area contributed by atoms with Crippen LogP contribution in [0, 0.1) is 11.6 Å². The number of rotatable bonds is 7. The molecule has 0 aliphatic carbocycles. The molecule has 0 N–H and O–H groups in total. The summed E-state index contributed by atoms with van der Waals surface area (Å²) in [6.45, 7) is 0.695. The summed E-state index contributed by atoms with van der Waals surface area (Å²) in [7, 11) is 0. The van der Waals surface area contributed by atoms with Gasteiger partial charge in [-0.3, -0.25) is 9.69 Å². The predicted molar refractivity (Wildman–Crippen MR) is 122 cm³/mol. The van der Waals surface area contributed by atoms with Crippen molar-refractivity contribution in [3.8, 4) is 5.75 Å². The van der Waals surface area contributed by atoms with Gasteiger partial charge in [-0.05, 0) is 59.5 Å². The highest BCUT2D eigenvalue weighted by Gasteiger charge is 2.36. The van der Waals surface area contributed by atoms with Crippen LogP contribution >= 0.6 is 24.0 Å². The molecule has 3 nitrogen and oxygen atoms in total. The Morgan fingerprint density at radius 3 is 2.00 bits per heavy atom. The molecule has 1 fully saturated rings. The summed E-state index contributed by atoms with van der Waals surface area (Å²) in [6, 6.07) is 19.8. The first kappa shape index (κ1) is 21.5. The fourth-order valence-corrected chi connectivity index (χ4v) is 4.76. The number of thioether (sulfide) groups is 1. The molecule has 1 amide bonds. The first-order chi connectivity index (χ1) is 15.0. The Hall–Kier alpha value is -2.77. The Morgan fingerprint density at radius 1 is 0.839 bits per heavy atom. The largest absolute Gasteiger partial charge is 0.489 e. The third-order valence-corrected chi connectivity index (χ3v) is 6.51. The Kier molecular flexibility index (Phi) is 6.63. The number of carbonyl (C=O) groups excluding carboxylic acids is 1. The molecule has 31 heavy (non-hydrogen) atoms. The second-order valence-corrected chi connectivity index (χ2v) is 9.02. The molecule has 1 saturated heterocycles. The maximum atomic E-state index is 13.1. The van der Waals surface area contributed by atoms with Crippen LogP contribution in [0.25, 0.3) is 0 Å². The van der Waals surface area contributed by atoms with Crippen molar-refractivity contribution in [3.63, 3.8) is 0 Å². The molecule has 1 atom stereocenters. The maximum absolute atomic E-state index is 13.1. The molecule has 3 aromatic carbocycles. The summed E-state index contributed by atoms with van der Waals surface area (Å²) in [5, 5.41) is -0.279. The van der Waals surface area contributed by atoms with E-state index in [0.29, 0.717) is 29.6 Å². The van der Waals surface area contributed by atoms with Gasteiger partial charge >= 0.3 is 0 Å². The minimum Gasteiger partial charge on any atom is -0.489 e. The number of benzene rings is 3. The van der Waals surface area contributed by atoms with Gasteiger partial charge in [0.15, 0.2) is 0 Å². The summed E-state index contributed by atoms with van der Waals surface area (Å²) in [5.74, 6) is 0.0856. The molecule has 1 aliphatic rings. The SMILES string of the molecule is O=C1[C@@H](Cc2ccc(OCc3ccc(F)cc3)cc2)SC(=S)N1Cc1ccc(F)cc1. The normalized spacial score (nSPS) is 16.1. The number of hydrogen-bond donors (Lipinski definition) is 0. The minimum absolute atomic E-state index is 0.0315. The molecule has 1 heterocycles. The van der Waals surface area contributed by atoms with E-state index in [9.17, 15) is 13.6 Å². The van der Waals surface area contributed by atoms with Crippen LogP contribution in [0.3, 0.4) is 0 Å². The van der Waals surface area contributed by atoms with Gasteiger partial charge in [-0.15, -0.1) is 0 Å². The van der Waals surface area contributed by atoms with Crippen LogP contribution in [0.1, 0.15) is 16.7 Å². The number of nitrogens with zero attached hydrogens (tertiary/aromatic N) is 1. The fourth-order valence-electron chi connectivity index (χ4n) is 3.23. The average Bonchev–Trinajstić information content (AvgIpc) is 3.03. The number of hydrogen-bond acceptors (Lipinski definition) is 4. The summed E-state index contributed by atoms with van der Waals surface area (Å²) in [6.07, 6.45) is 0.557. The third kappa shape index (κ3) is 5.48. The smallest absolute Gasteiger partial charge is 0.242 e. The molecule has 0 spiro atoms. The van der Waals surface area contributed by atoms with Crippen molar-refractivity contribution in [1.29, 1.82) is 0 Å². The van der Waals surface area contributed by atoms with E-state index in [4.69, 9.17) is 17.0 Å². The Morgan fingerprint density at radius 2 is 1.39 bits per heavy atom. The molecule has 7 heteroatoms. The molecular formula is C24H19F2NO2S2.